The number of benzene rings is 2. The van der Waals surface area contributed by atoms with E-state index < -0.39 is 0 Å². The van der Waals surface area contributed by atoms with Crippen molar-refractivity contribution in [3.05, 3.63) is 39.8 Å². The van der Waals surface area contributed by atoms with Crippen LogP contribution in [-0.2, 0) is 0 Å². The van der Waals surface area contributed by atoms with Crippen molar-refractivity contribution in [3.8, 4) is 5.75 Å². The Kier molecular flexibility index (Phi) is 2.13. The summed E-state index contributed by atoms with van der Waals surface area (Å²) in [5.41, 5.74) is 1.73. The lowest BCUT2D eigenvalue weighted by Gasteiger charge is -1.97. The van der Waals surface area contributed by atoms with Gasteiger partial charge in [0.2, 0.25) is 0 Å². The molecule has 0 radical (unpaired) electrons. The number of aromatic hydroxyl groups is 1. The molecule has 0 spiro atoms. The van der Waals surface area contributed by atoms with E-state index in [1.807, 2.05) is 18.2 Å². The number of hydrogen-bond donors (Lipinski definition) is 2. The molecular formula is C12H7BrClNO. The Labute approximate surface area is 105 Å². The van der Waals surface area contributed by atoms with Crippen LogP contribution in [0.4, 0.5) is 0 Å². The maximum Gasteiger partial charge on any atom is 0.125 e. The largest absolute Gasteiger partial charge is 0.507 e. The number of hydrogen-bond acceptors (Lipinski definition) is 1. The predicted octanol–water partition coefficient (Wildman–Crippen LogP) is 4.44. The monoisotopic (exact) mass is 295 g/mol. The molecule has 0 saturated carbocycles. The zero-order valence-corrected chi connectivity index (χ0v) is 10.4. The summed E-state index contributed by atoms with van der Waals surface area (Å²) in [4.78, 5) is 3.20. The SMILES string of the molecule is Oc1ccc(Cl)c2[nH]c3ccc(Br)cc3c12. The fourth-order valence-corrected chi connectivity index (χ4v) is 2.49. The van der Waals surface area contributed by atoms with Gasteiger partial charge in [-0.15, -0.1) is 0 Å². The molecule has 0 bridgehead atoms. The number of nitrogens with one attached hydrogen (secondary N) is 1. The van der Waals surface area contributed by atoms with Crippen LogP contribution in [0.1, 0.15) is 0 Å². The summed E-state index contributed by atoms with van der Waals surface area (Å²) in [5.74, 6) is 0.240. The van der Waals surface area contributed by atoms with E-state index in [1.165, 1.54) is 0 Å². The molecular weight excluding hydrogens is 289 g/mol. The molecule has 0 aliphatic heterocycles. The molecule has 3 rings (SSSR count). The molecule has 0 aliphatic carbocycles. The Morgan fingerprint density at radius 1 is 1.19 bits per heavy atom. The minimum atomic E-state index is 0.240. The Balaban J connectivity index is 2.62. The minimum absolute atomic E-state index is 0.240. The molecule has 0 aliphatic rings. The van der Waals surface area contributed by atoms with Crippen LogP contribution in [0.3, 0.4) is 0 Å². The molecule has 2 aromatic carbocycles. The molecule has 1 heterocycles. The number of H-pyrrole nitrogens is 1. The molecule has 3 aromatic rings. The predicted molar refractivity (Wildman–Crippen MR) is 70.2 cm³/mol. The highest BCUT2D eigenvalue weighted by Gasteiger charge is 2.11. The average Bonchev–Trinajstić information content (AvgIpc) is 2.63. The van der Waals surface area contributed by atoms with E-state index in [0.717, 1.165) is 26.3 Å². The summed E-state index contributed by atoms with van der Waals surface area (Å²) in [6, 6.07) is 9.16. The number of phenols is 1. The van der Waals surface area contributed by atoms with Crippen molar-refractivity contribution in [1.29, 1.82) is 0 Å². The van der Waals surface area contributed by atoms with E-state index >= 15 is 0 Å². The van der Waals surface area contributed by atoms with Crippen molar-refractivity contribution in [3.63, 3.8) is 0 Å². The van der Waals surface area contributed by atoms with Crippen LogP contribution < -0.4 is 0 Å². The van der Waals surface area contributed by atoms with Crippen LogP contribution in [0.2, 0.25) is 5.02 Å². The third-order valence-electron chi connectivity index (χ3n) is 2.64. The first-order valence-corrected chi connectivity index (χ1v) is 5.92. The van der Waals surface area contributed by atoms with E-state index in [4.69, 9.17) is 11.6 Å². The lowest BCUT2D eigenvalue weighted by molar-refractivity contribution is 0.482. The van der Waals surface area contributed by atoms with Crippen molar-refractivity contribution in [1.82, 2.24) is 4.98 Å². The van der Waals surface area contributed by atoms with Gasteiger partial charge in [0.25, 0.3) is 0 Å². The van der Waals surface area contributed by atoms with E-state index in [2.05, 4.69) is 20.9 Å². The van der Waals surface area contributed by atoms with Gasteiger partial charge in [0.05, 0.1) is 15.9 Å². The standard InChI is InChI=1S/C12H7BrClNO/c13-6-1-3-9-7(5-6)11-10(16)4-2-8(14)12(11)15-9/h1-5,15-16H. The van der Waals surface area contributed by atoms with Gasteiger partial charge in [-0.1, -0.05) is 27.5 Å². The topological polar surface area (TPSA) is 36.0 Å². The first-order chi connectivity index (χ1) is 7.66. The van der Waals surface area contributed by atoms with Gasteiger partial charge in [-0.25, -0.2) is 0 Å². The Morgan fingerprint density at radius 2 is 2.00 bits per heavy atom. The highest BCUT2D eigenvalue weighted by Crippen LogP contribution is 2.37. The normalized spacial score (nSPS) is 11.4. The summed E-state index contributed by atoms with van der Waals surface area (Å²) in [5, 5.41) is 12.2. The fraction of sp³-hybridized carbons (Fsp3) is 0. The molecule has 16 heavy (non-hydrogen) atoms. The zero-order chi connectivity index (χ0) is 11.3. The molecule has 1 aromatic heterocycles. The highest BCUT2D eigenvalue weighted by atomic mass is 79.9. The van der Waals surface area contributed by atoms with Gasteiger partial charge in [0, 0.05) is 15.4 Å². The Bertz CT molecular complexity index is 705. The lowest BCUT2D eigenvalue weighted by atomic mass is 10.1. The fourth-order valence-electron chi connectivity index (χ4n) is 1.93. The molecule has 0 fully saturated rings. The van der Waals surface area contributed by atoms with Crippen molar-refractivity contribution < 1.29 is 5.11 Å². The van der Waals surface area contributed by atoms with Crippen LogP contribution >= 0.6 is 27.5 Å². The van der Waals surface area contributed by atoms with Crippen molar-refractivity contribution in [2.45, 2.75) is 0 Å². The first kappa shape index (κ1) is 10.00. The summed E-state index contributed by atoms with van der Waals surface area (Å²) >= 11 is 9.50. The highest BCUT2D eigenvalue weighted by molar-refractivity contribution is 9.10. The molecule has 2 N–H and O–H groups in total. The Morgan fingerprint density at radius 3 is 2.81 bits per heavy atom. The van der Waals surface area contributed by atoms with Crippen LogP contribution in [0.15, 0.2) is 34.8 Å². The molecule has 80 valence electrons. The van der Waals surface area contributed by atoms with Crippen LogP contribution in [-0.4, -0.2) is 10.1 Å². The molecule has 0 saturated heterocycles. The minimum Gasteiger partial charge on any atom is -0.507 e. The number of halogens is 2. The smallest absolute Gasteiger partial charge is 0.125 e. The molecule has 0 atom stereocenters. The maximum absolute atomic E-state index is 9.88. The second-order valence-corrected chi connectivity index (χ2v) is 4.95. The van der Waals surface area contributed by atoms with E-state index in [9.17, 15) is 5.11 Å². The Hall–Kier alpha value is -1.19. The quantitative estimate of drug-likeness (QED) is 0.632. The number of aromatic nitrogens is 1. The van der Waals surface area contributed by atoms with Gasteiger partial charge in [-0.3, -0.25) is 0 Å². The molecule has 0 unspecified atom stereocenters. The molecule has 4 heteroatoms. The third kappa shape index (κ3) is 1.32. The summed E-state index contributed by atoms with van der Waals surface area (Å²) in [6.45, 7) is 0. The van der Waals surface area contributed by atoms with Gasteiger partial charge in [0.15, 0.2) is 0 Å². The number of fused-ring (bicyclic) bond motifs is 3. The van der Waals surface area contributed by atoms with Gasteiger partial charge in [0.1, 0.15) is 5.75 Å². The summed E-state index contributed by atoms with van der Waals surface area (Å²) < 4.78 is 0.972. The molecule has 0 amide bonds. The summed E-state index contributed by atoms with van der Waals surface area (Å²) in [6.07, 6.45) is 0. The summed E-state index contributed by atoms with van der Waals surface area (Å²) in [7, 11) is 0. The molecule has 2 nitrogen and oxygen atoms in total. The zero-order valence-electron chi connectivity index (χ0n) is 8.09. The third-order valence-corrected chi connectivity index (χ3v) is 3.45. The van der Waals surface area contributed by atoms with Crippen LogP contribution in [0, 0.1) is 0 Å². The van der Waals surface area contributed by atoms with Gasteiger partial charge in [-0.2, -0.15) is 0 Å². The second-order valence-electron chi connectivity index (χ2n) is 3.63. The van der Waals surface area contributed by atoms with E-state index in [-0.39, 0.29) is 5.75 Å². The van der Waals surface area contributed by atoms with Crippen LogP contribution in [0.25, 0.3) is 21.8 Å². The maximum atomic E-state index is 9.88. The lowest BCUT2D eigenvalue weighted by Crippen LogP contribution is -1.71. The van der Waals surface area contributed by atoms with Crippen LogP contribution in [0.5, 0.6) is 5.75 Å². The van der Waals surface area contributed by atoms with E-state index in [0.29, 0.717) is 5.02 Å². The van der Waals surface area contributed by atoms with E-state index in [1.54, 1.807) is 12.1 Å². The van der Waals surface area contributed by atoms with Crippen molar-refractivity contribution in [2.24, 2.45) is 0 Å². The van der Waals surface area contributed by atoms with Crippen molar-refractivity contribution >= 4 is 49.3 Å². The van der Waals surface area contributed by atoms with Gasteiger partial charge >= 0.3 is 0 Å². The van der Waals surface area contributed by atoms with Crippen molar-refractivity contribution in [2.75, 3.05) is 0 Å². The van der Waals surface area contributed by atoms with Gasteiger partial charge < -0.3 is 10.1 Å². The first-order valence-electron chi connectivity index (χ1n) is 4.75. The number of rotatable bonds is 0. The second kappa shape index (κ2) is 3.40. The average molecular weight is 297 g/mol. The van der Waals surface area contributed by atoms with Gasteiger partial charge in [-0.05, 0) is 30.3 Å². The number of aromatic amines is 1. The number of phenolic OH excluding ortho intramolecular Hbond substituents is 1.